The molecule has 3 aromatic heterocycles. The van der Waals surface area contributed by atoms with E-state index in [9.17, 15) is 4.79 Å². The van der Waals surface area contributed by atoms with Crippen LogP contribution in [0.1, 0.15) is 11.1 Å². The molecule has 0 aliphatic carbocycles. The zero-order valence-corrected chi connectivity index (χ0v) is 13.1. The van der Waals surface area contributed by atoms with Gasteiger partial charge in [0.1, 0.15) is 5.69 Å². The highest BCUT2D eigenvalue weighted by Gasteiger charge is 2.12. The Hall–Kier alpha value is -3.28. The Bertz CT molecular complexity index is 1050. The molecule has 0 aliphatic heterocycles. The molecule has 1 N–H and O–H groups in total. The molecule has 0 amide bonds. The van der Waals surface area contributed by atoms with Crippen LogP contribution in [0.25, 0.3) is 22.7 Å². The van der Waals surface area contributed by atoms with Crippen LogP contribution in [0.3, 0.4) is 0 Å². The van der Waals surface area contributed by atoms with Crippen LogP contribution >= 0.6 is 0 Å². The molecule has 0 fully saturated rings. The van der Waals surface area contributed by atoms with E-state index < -0.39 is 0 Å². The molecular weight excluding hydrogens is 302 g/mol. The summed E-state index contributed by atoms with van der Waals surface area (Å²) in [5.74, 6) is 0.425. The van der Waals surface area contributed by atoms with Crippen molar-refractivity contribution in [3.8, 4) is 11.5 Å². The van der Waals surface area contributed by atoms with E-state index in [2.05, 4.69) is 32.1 Å². The fraction of sp³-hybridized carbons (Fsp3) is 0.111. The summed E-state index contributed by atoms with van der Waals surface area (Å²) in [4.78, 5) is 28.2. The third-order valence-corrected chi connectivity index (χ3v) is 3.86. The van der Waals surface area contributed by atoms with E-state index >= 15 is 0 Å². The van der Waals surface area contributed by atoms with Gasteiger partial charge in [-0.3, -0.25) is 9.78 Å². The van der Waals surface area contributed by atoms with Crippen LogP contribution in [0.15, 0.2) is 59.8 Å². The van der Waals surface area contributed by atoms with Crippen LogP contribution in [0.4, 0.5) is 0 Å². The number of pyridine rings is 1. The minimum Gasteiger partial charge on any atom is -0.320 e. The number of aromatic amines is 1. The van der Waals surface area contributed by atoms with Crippen molar-refractivity contribution in [2.75, 3.05) is 0 Å². The molecule has 0 radical (unpaired) electrons. The molecule has 4 aromatic rings. The molecule has 4 rings (SSSR count). The lowest BCUT2D eigenvalue weighted by molar-refractivity contribution is 0.819. The average molecular weight is 317 g/mol. The molecule has 118 valence electrons. The van der Waals surface area contributed by atoms with Gasteiger partial charge in [0.15, 0.2) is 17.0 Å². The summed E-state index contributed by atoms with van der Waals surface area (Å²) in [6.07, 6.45) is 3.31. The number of hydrogen-bond donors (Lipinski definition) is 1. The van der Waals surface area contributed by atoms with Crippen LogP contribution in [0, 0.1) is 6.92 Å². The number of imidazole rings is 1. The maximum absolute atomic E-state index is 12.5. The highest BCUT2D eigenvalue weighted by atomic mass is 16.1. The van der Waals surface area contributed by atoms with Gasteiger partial charge < -0.3 is 9.55 Å². The lowest BCUT2D eigenvalue weighted by atomic mass is 10.1. The number of aryl methyl sites for hydroxylation is 1. The zero-order chi connectivity index (χ0) is 16.5. The molecule has 1 aromatic carbocycles. The lowest BCUT2D eigenvalue weighted by Gasteiger charge is -2.05. The Labute approximate surface area is 137 Å². The molecular formula is C18H15N5O. The molecule has 0 atom stereocenters. The second-order valence-corrected chi connectivity index (χ2v) is 5.66. The quantitative estimate of drug-likeness (QED) is 0.630. The SMILES string of the molecule is Cc1ccc(Cn2cnc3nc(-c4ccccn4)[nH]c(=O)c32)cc1. The van der Waals surface area contributed by atoms with E-state index in [0.717, 1.165) is 5.56 Å². The minimum atomic E-state index is -0.217. The monoisotopic (exact) mass is 317 g/mol. The van der Waals surface area contributed by atoms with Crippen LogP contribution < -0.4 is 5.56 Å². The summed E-state index contributed by atoms with van der Waals surface area (Å²) in [7, 11) is 0. The number of H-pyrrole nitrogens is 1. The topological polar surface area (TPSA) is 76.5 Å². The summed E-state index contributed by atoms with van der Waals surface area (Å²) in [6, 6.07) is 13.7. The number of fused-ring (bicyclic) bond motifs is 1. The largest absolute Gasteiger partial charge is 0.320 e. The van der Waals surface area contributed by atoms with Crippen molar-refractivity contribution >= 4 is 11.2 Å². The normalized spacial score (nSPS) is 11.0. The van der Waals surface area contributed by atoms with E-state index in [-0.39, 0.29) is 5.56 Å². The number of benzene rings is 1. The Morgan fingerprint density at radius 1 is 1.08 bits per heavy atom. The maximum Gasteiger partial charge on any atom is 0.277 e. The predicted octanol–water partition coefficient (Wildman–Crippen LogP) is 2.54. The van der Waals surface area contributed by atoms with Gasteiger partial charge in [0.05, 0.1) is 6.33 Å². The van der Waals surface area contributed by atoms with E-state index in [1.165, 1.54) is 5.56 Å². The Kier molecular flexibility index (Phi) is 3.42. The highest BCUT2D eigenvalue weighted by Crippen LogP contribution is 2.14. The first-order valence-corrected chi connectivity index (χ1v) is 7.63. The molecule has 0 spiro atoms. The predicted molar refractivity (Wildman–Crippen MR) is 91.7 cm³/mol. The van der Waals surface area contributed by atoms with Crippen molar-refractivity contribution in [2.24, 2.45) is 0 Å². The first-order chi connectivity index (χ1) is 11.7. The molecule has 0 bridgehead atoms. The van der Waals surface area contributed by atoms with Crippen LogP contribution in [-0.4, -0.2) is 24.5 Å². The van der Waals surface area contributed by atoms with E-state index in [1.54, 1.807) is 18.6 Å². The van der Waals surface area contributed by atoms with Gasteiger partial charge >= 0.3 is 0 Å². The Balaban J connectivity index is 1.77. The summed E-state index contributed by atoms with van der Waals surface area (Å²) >= 11 is 0. The van der Waals surface area contributed by atoms with Crippen molar-refractivity contribution in [1.29, 1.82) is 0 Å². The average Bonchev–Trinajstić information content (AvgIpc) is 3.01. The van der Waals surface area contributed by atoms with Gasteiger partial charge in [-0.1, -0.05) is 35.9 Å². The molecule has 6 nitrogen and oxygen atoms in total. The van der Waals surface area contributed by atoms with Crippen molar-refractivity contribution in [3.05, 3.63) is 76.5 Å². The third-order valence-electron chi connectivity index (χ3n) is 3.86. The van der Waals surface area contributed by atoms with Gasteiger partial charge in [-0.15, -0.1) is 0 Å². The molecule has 0 unspecified atom stereocenters. The molecule has 24 heavy (non-hydrogen) atoms. The summed E-state index contributed by atoms with van der Waals surface area (Å²) in [6.45, 7) is 2.62. The van der Waals surface area contributed by atoms with Gasteiger partial charge in [-0.2, -0.15) is 0 Å². The first kappa shape index (κ1) is 14.3. The smallest absolute Gasteiger partial charge is 0.277 e. The second kappa shape index (κ2) is 5.73. The van der Waals surface area contributed by atoms with Gasteiger partial charge in [0.2, 0.25) is 0 Å². The zero-order valence-electron chi connectivity index (χ0n) is 13.1. The summed E-state index contributed by atoms with van der Waals surface area (Å²) in [5.41, 5.74) is 3.60. The third kappa shape index (κ3) is 2.58. The van der Waals surface area contributed by atoms with Crippen LogP contribution in [-0.2, 0) is 6.54 Å². The van der Waals surface area contributed by atoms with Gasteiger partial charge in [0, 0.05) is 12.7 Å². The van der Waals surface area contributed by atoms with Gasteiger partial charge in [-0.05, 0) is 24.6 Å². The minimum absolute atomic E-state index is 0.217. The van der Waals surface area contributed by atoms with Crippen molar-refractivity contribution < 1.29 is 0 Å². The van der Waals surface area contributed by atoms with Crippen LogP contribution in [0.5, 0.6) is 0 Å². The maximum atomic E-state index is 12.5. The van der Waals surface area contributed by atoms with Crippen molar-refractivity contribution in [2.45, 2.75) is 13.5 Å². The van der Waals surface area contributed by atoms with Gasteiger partial charge in [-0.25, -0.2) is 9.97 Å². The number of rotatable bonds is 3. The highest BCUT2D eigenvalue weighted by molar-refractivity contribution is 5.72. The number of hydrogen-bond acceptors (Lipinski definition) is 4. The molecule has 0 saturated carbocycles. The van der Waals surface area contributed by atoms with Crippen LogP contribution in [0.2, 0.25) is 0 Å². The molecule has 0 saturated heterocycles. The van der Waals surface area contributed by atoms with Gasteiger partial charge in [0.25, 0.3) is 5.56 Å². The van der Waals surface area contributed by atoms with E-state index in [1.807, 2.05) is 35.8 Å². The fourth-order valence-electron chi connectivity index (χ4n) is 2.62. The summed E-state index contributed by atoms with van der Waals surface area (Å²) in [5, 5.41) is 0. The molecule has 0 aliphatic rings. The molecule has 6 heteroatoms. The second-order valence-electron chi connectivity index (χ2n) is 5.66. The Morgan fingerprint density at radius 2 is 1.92 bits per heavy atom. The standard InChI is InChI=1S/C18H15N5O/c1-12-5-7-13(8-6-12)10-23-11-20-17-15(23)18(24)22-16(21-17)14-4-2-3-9-19-14/h2-9,11H,10H2,1H3,(H,21,22,24). The van der Waals surface area contributed by atoms with E-state index in [0.29, 0.717) is 29.2 Å². The summed E-state index contributed by atoms with van der Waals surface area (Å²) < 4.78 is 1.81. The number of nitrogens with zero attached hydrogens (tertiary/aromatic N) is 4. The van der Waals surface area contributed by atoms with E-state index in [4.69, 9.17) is 0 Å². The lowest BCUT2D eigenvalue weighted by Crippen LogP contribution is -2.14. The van der Waals surface area contributed by atoms with Crippen molar-refractivity contribution in [3.63, 3.8) is 0 Å². The van der Waals surface area contributed by atoms with Crippen molar-refractivity contribution in [1.82, 2.24) is 24.5 Å². The first-order valence-electron chi connectivity index (χ1n) is 7.63. The fourth-order valence-corrected chi connectivity index (χ4v) is 2.62. The molecule has 3 heterocycles. The number of aromatic nitrogens is 5. The Morgan fingerprint density at radius 3 is 2.67 bits per heavy atom. The number of nitrogens with one attached hydrogen (secondary N) is 1.